The number of likely N-dealkylation sites (tertiary alicyclic amines) is 1. The second-order valence-corrected chi connectivity index (χ2v) is 11.2. The summed E-state index contributed by atoms with van der Waals surface area (Å²) in [5, 5.41) is 2.91. The predicted molar refractivity (Wildman–Crippen MR) is 173 cm³/mol. The molecule has 5 aromatic rings. The van der Waals surface area contributed by atoms with Gasteiger partial charge in [-0.2, -0.15) is 0 Å². The third kappa shape index (κ3) is 6.12. The molecule has 10 nitrogen and oxygen atoms in total. The van der Waals surface area contributed by atoms with Crippen LogP contribution >= 0.6 is 0 Å². The Bertz CT molecular complexity index is 1910. The van der Waals surface area contributed by atoms with Crippen LogP contribution in [0.1, 0.15) is 61.6 Å². The molecule has 3 aromatic carbocycles. The zero-order valence-electron chi connectivity index (χ0n) is 25.2. The van der Waals surface area contributed by atoms with E-state index in [0.717, 1.165) is 24.0 Å². The number of aryl methyl sites for hydroxylation is 2. The highest BCUT2D eigenvalue weighted by molar-refractivity contribution is 6.12. The number of aromatic nitrogens is 3. The number of hydrogen-bond acceptors (Lipinski definition) is 5. The molecule has 1 aliphatic heterocycles. The van der Waals surface area contributed by atoms with Crippen LogP contribution in [-0.2, 0) is 11.3 Å². The predicted octanol–water partition coefficient (Wildman–Crippen LogP) is 5.45. The average molecular weight is 603 g/mol. The van der Waals surface area contributed by atoms with Gasteiger partial charge in [-0.15, -0.1) is 0 Å². The molecule has 0 atom stereocenters. The van der Waals surface area contributed by atoms with E-state index in [-0.39, 0.29) is 23.3 Å². The van der Waals surface area contributed by atoms with Crippen LogP contribution in [-0.4, -0.2) is 63.1 Å². The van der Waals surface area contributed by atoms with E-state index >= 15 is 0 Å². The third-order valence-electron chi connectivity index (χ3n) is 8.23. The van der Waals surface area contributed by atoms with Gasteiger partial charge < -0.3 is 19.4 Å². The minimum atomic E-state index is -0.443. The summed E-state index contributed by atoms with van der Waals surface area (Å²) in [6.45, 7) is 3.75. The number of nitrogens with zero attached hydrogens (tertiary/aromatic N) is 4. The molecule has 1 aliphatic rings. The topological polar surface area (TPSA) is 120 Å². The molecule has 0 spiro atoms. The zero-order valence-corrected chi connectivity index (χ0v) is 25.2. The number of nitrogens with one attached hydrogen (secondary N) is 2. The molecule has 45 heavy (non-hydrogen) atoms. The van der Waals surface area contributed by atoms with E-state index in [1.807, 2.05) is 71.0 Å². The summed E-state index contributed by atoms with van der Waals surface area (Å²) >= 11 is 0. The molecule has 10 heteroatoms. The number of amides is 3. The third-order valence-corrected chi connectivity index (χ3v) is 8.23. The number of carbonyl (C=O) groups is 4. The Kier molecular flexibility index (Phi) is 8.28. The molecule has 2 aromatic heterocycles. The highest BCUT2D eigenvalue weighted by atomic mass is 16.2. The van der Waals surface area contributed by atoms with Crippen molar-refractivity contribution in [1.29, 1.82) is 0 Å². The van der Waals surface area contributed by atoms with Gasteiger partial charge >= 0.3 is 0 Å². The van der Waals surface area contributed by atoms with Gasteiger partial charge in [0, 0.05) is 61.7 Å². The minimum Gasteiger partial charge on any atom is -0.356 e. The van der Waals surface area contributed by atoms with Crippen LogP contribution < -0.4 is 10.2 Å². The van der Waals surface area contributed by atoms with Gasteiger partial charge in [0.15, 0.2) is 5.78 Å². The van der Waals surface area contributed by atoms with Crippen molar-refractivity contribution in [3.05, 3.63) is 113 Å². The fourth-order valence-corrected chi connectivity index (χ4v) is 5.71. The standard InChI is InChI=1S/C35H34N6O4/c1-23-10-6-7-13-27(23)32(43)25-20-29(36-22-25)33(44)38-35-37-28-21-26(39(2)34(45)24-11-4-3-5-12-24)15-16-30(28)41(35)19-9-18-40-17-8-14-31(40)42/h3-7,10-13,15-16,20-22,36H,8-9,14,17-19H2,1-2H3,(H,37,38,44). The molecule has 6 rings (SSSR count). The van der Waals surface area contributed by atoms with Gasteiger partial charge in [-0.3, -0.25) is 24.5 Å². The SMILES string of the molecule is Cc1ccccc1C(=O)c1c[nH]c(C(=O)Nc2nc3cc(N(C)C(=O)c4ccccc4)ccc3n2CCCN2CCCC2=O)c1. The summed E-state index contributed by atoms with van der Waals surface area (Å²) in [6.07, 6.45) is 3.66. The summed E-state index contributed by atoms with van der Waals surface area (Å²) in [5.41, 5.74) is 4.66. The number of hydrogen-bond donors (Lipinski definition) is 2. The largest absolute Gasteiger partial charge is 0.356 e. The van der Waals surface area contributed by atoms with Gasteiger partial charge in [-0.05, 0) is 61.7 Å². The van der Waals surface area contributed by atoms with Crippen LogP contribution in [0.5, 0.6) is 0 Å². The molecule has 3 heterocycles. The fraction of sp³-hybridized carbons (Fsp3) is 0.229. The van der Waals surface area contributed by atoms with E-state index < -0.39 is 5.91 Å². The second-order valence-electron chi connectivity index (χ2n) is 11.2. The minimum absolute atomic E-state index is 0.152. The number of benzene rings is 3. The van der Waals surface area contributed by atoms with Crippen molar-refractivity contribution in [1.82, 2.24) is 19.4 Å². The number of anilines is 2. The summed E-state index contributed by atoms with van der Waals surface area (Å²) in [7, 11) is 1.71. The molecule has 0 bridgehead atoms. The van der Waals surface area contributed by atoms with Gasteiger partial charge in [0.25, 0.3) is 11.8 Å². The first kappa shape index (κ1) is 29.6. The molecule has 0 aliphatic carbocycles. The first-order chi connectivity index (χ1) is 21.8. The van der Waals surface area contributed by atoms with Crippen LogP contribution in [0.2, 0.25) is 0 Å². The quantitative estimate of drug-likeness (QED) is 0.206. The van der Waals surface area contributed by atoms with Crippen LogP contribution in [0.3, 0.4) is 0 Å². The first-order valence-electron chi connectivity index (χ1n) is 15.0. The first-order valence-corrected chi connectivity index (χ1v) is 15.0. The Morgan fingerprint density at radius 2 is 1.73 bits per heavy atom. The van der Waals surface area contributed by atoms with E-state index in [9.17, 15) is 19.2 Å². The van der Waals surface area contributed by atoms with Crippen molar-refractivity contribution < 1.29 is 19.2 Å². The van der Waals surface area contributed by atoms with Gasteiger partial charge in [0.05, 0.1) is 11.0 Å². The van der Waals surface area contributed by atoms with Crippen molar-refractivity contribution >= 4 is 46.2 Å². The molecule has 0 radical (unpaired) electrons. The maximum absolute atomic E-state index is 13.4. The molecular formula is C35H34N6O4. The lowest BCUT2D eigenvalue weighted by Crippen LogP contribution is -2.26. The highest BCUT2D eigenvalue weighted by Crippen LogP contribution is 2.27. The monoisotopic (exact) mass is 602 g/mol. The smallest absolute Gasteiger partial charge is 0.274 e. The Hall–Kier alpha value is -5.51. The lowest BCUT2D eigenvalue weighted by molar-refractivity contribution is -0.127. The Balaban J connectivity index is 1.26. The summed E-state index contributed by atoms with van der Waals surface area (Å²) in [6, 6.07) is 23.5. The fourth-order valence-electron chi connectivity index (χ4n) is 5.71. The van der Waals surface area contributed by atoms with Gasteiger partial charge in [-0.25, -0.2) is 4.98 Å². The van der Waals surface area contributed by atoms with Crippen LogP contribution in [0.15, 0.2) is 85.1 Å². The van der Waals surface area contributed by atoms with Crippen LogP contribution in [0.25, 0.3) is 11.0 Å². The molecule has 1 saturated heterocycles. The summed E-state index contributed by atoms with van der Waals surface area (Å²) in [5.74, 6) is -0.271. The van der Waals surface area contributed by atoms with E-state index in [2.05, 4.69) is 10.3 Å². The number of fused-ring (bicyclic) bond motifs is 1. The second kappa shape index (κ2) is 12.6. The van der Waals surface area contributed by atoms with E-state index in [1.165, 1.54) is 6.20 Å². The van der Waals surface area contributed by atoms with Crippen molar-refractivity contribution in [2.45, 2.75) is 32.7 Å². The number of carbonyl (C=O) groups excluding carboxylic acids is 4. The molecule has 0 unspecified atom stereocenters. The maximum atomic E-state index is 13.4. The number of aromatic amines is 1. The van der Waals surface area contributed by atoms with Crippen molar-refractivity contribution in [2.24, 2.45) is 0 Å². The van der Waals surface area contributed by atoms with E-state index in [1.54, 1.807) is 36.2 Å². The summed E-state index contributed by atoms with van der Waals surface area (Å²) < 4.78 is 1.92. The average Bonchev–Trinajstić information content (AvgIpc) is 3.80. The number of H-pyrrole nitrogens is 1. The number of rotatable bonds is 10. The highest BCUT2D eigenvalue weighted by Gasteiger charge is 2.22. The van der Waals surface area contributed by atoms with E-state index in [4.69, 9.17) is 4.98 Å². The number of imidazole rings is 1. The normalized spacial score (nSPS) is 12.9. The Morgan fingerprint density at radius 3 is 2.49 bits per heavy atom. The van der Waals surface area contributed by atoms with Gasteiger partial charge in [-0.1, -0.05) is 42.5 Å². The zero-order chi connectivity index (χ0) is 31.5. The molecule has 0 saturated carbocycles. The van der Waals surface area contributed by atoms with Gasteiger partial charge in [0.1, 0.15) is 5.69 Å². The van der Waals surface area contributed by atoms with Gasteiger partial charge in [0.2, 0.25) is 11.9 Å². The van der Waals surface area contributed by atoms with Crippen LogP contribution in [0, 0.1) is 6.92 Å². The Morgan fingerprint density at radius 1 is 0.956 bits per heavy atom. The molecule has 2 N–H and O–H groups in total. The molecular weight excluding hydrogens is 568 g/mol. The molecule has 1 fully saturated rings. The molecule has 228 valence electrons. The Labute approximate surface area is 260 Å². The molecule has 3 amide bonds. The maximum Gasteiger partial charge on any atom is 0.274 e. The lowest BCUT2D eigenvalue weighted by Gasteiger charge is -2.18. The van der Waals surface area contributed by atoms with Crippen LogP contribution in [0.4, 0.5) is 11.6 Å². The van der Waals surface area contributed by atoms with Crippen molar-refractivity contribution in [2.75, 3.05) is 30.4 Å². The van der Waals surface area contributed by atoms with Crippen molar-refractivity contribution in [3.8, 4) is 0 Å². The lowest BCUT2D eigenvalue weighted by atomic mass is 10.0. The summed E-state index contributed by atoms with van der Waals surface area (Å²) in [4.78, 5) is 62.9. The van der Waals surface area contributed by atoms with Crippen molar-refractivity contribution in [3.63, 3.8) is 0 Å². The number of ketones is 1. The van der Waals surface area contributed by atoms with E-state index in [0.29, 0.717) is 59.8 Å².